The largest absolute Gasteiger partial charge is 0.366 e. The van der Waals surface area contributed by atoms with Crippen molar-refractivity contribution < 1.29 is 9.59 Å². The summed E-state index contributed by atoms with van der Waals surface area (Å²) >= 11 is 6.06. The van der Waals surface area contributed by atoms with Gasteiger partial charge < -0.3 is 4.90 Å². The molecule has 126 valence electrons. The Morgan fingerprint density at radius 1 is 0.840 bits per heavy atom. The van der Waals surface area contributed by atoms with E-state index < -0.39 is 0 Å². The highest BCUT2D eigenvalue weighted by Crippen LogP contribution is 2.36. The van der Waals surface area contributed by atoms with Crippen molar-refractivity contribution in [2.75, 3.05) is 18.0 Å². The van der Waals surface area contributed by atoms with Gasteiger partial charge in [-0.2, -0.15) is 0 Å². The van der Waals surface area contributed by atoms with Crippen LogP contribution in [0.2, 0.25) is 5.02 Å². The van der Waals surface area contributed by atoms with Crippen LogP contribution in [0.4, 0.5) is 5.69 Å². The maximum atomic E-state index is 13.2. The lowest BCUT2D eigenvalue weighted by molar-refractivity contribution is -0.120. The Kier molecular flexibility index (Phi) is 4.06. The van der Waals surface area contributed by atoms with Crippen LogP contribution in [-0.4, -0.2) is 29.8 Å². The molecule has 2 aliphatic rings. The lowest BCUT2D eigenvalue weighted by Crippen LogP contribution is -2.34. The molecule has 0 spiro atoms. The Bertz CT molecular complexity index is 870. The van der Waals surface area contributed by atoms with Gasteiger partial charge in [0.2, 0.25) is 0 Å². The molecule has 25 heavy (non-hydrogen) atoms. The topological polar surface area (TPSA) is 40.6 Å². The predicted octanol–water partition coefficient (Wildman–Crippen LogP) is 3.72. The molecule has 0 atom stereocenters. The summed E-state index contributed by atoms with van der Waals surface area (Å²) in [6, 6.07) is 16.3. The number of halogens is 1. The lowest BCUT2D eigenvalue weighted by atomic mass is 10.0. The second kappa shape index (κ2) is 6.37. The first kappa shape index (κ1) is 15.9. The standard InChI is InChI=1S/C20H17ClN2O2/c21-15-9-6-10-16(13-15)23-19(24)17(14-7-2-1-3-8-14)18(20(23)25)22-11-4-5-12-22/h1-3,6-10,13H,4-5,11-12H2. The van der Waals surface area contributed by atoms with Crippen LogP contribution in [0.3, 0.4) is 0 Å². The molecular weight excluding hydrogens is 336 g/mol. The number of rotatable bonds is 3. The molecule has 0 saturated carbocycles. The Labute approximate surface area is 151 Å². The van der Waals surface area contributed by atoms with E-state index in [0.29, 0.717) is 22.0 Å². The maximum absolute atomic E-state index is 13.2. The smallest absolute Gasteiger partial charge is 0.282 e. The Hall–Kier alpha value is -2.59. The van der Waals surface area contributed by atoms with E-state index in [2.05, 4.69) is 0 Å². The second-order valence-electron chi connectivity index (χ2n) is 6.21. The highest BCUT2D eigenvalue weighted by atomic mass is 35.5. The molecule has 2 aromatic carbocycles. The van der Waals surface area contributed by atoms with Gasteiger partial charge in [-0.3, -0.25) is 9.59 Å². The van der Waals surface area contributed by atoms with E-state index in [4.69, 9.17) is 11.6 Å². The van der Waals surface area contributed by atoms with Crippen LogP contribution in [0, 0.1) is 0 Å². The van der Waals surface area contributed by atoms with Gasteiger partial charge in [0, 0.05) is 18.1 Å². The van der Waals surface area contributed by atoms with Crippen LogP contribution in [0.25, 0.3) is 5.57 Å². The molecule has 0 radical (unpaired) electrons. The number of imide groups is 1. The summed E-state index contributed by atoms with van der Waals surface area (Å²) in [5, 5.41) is 0.494. The zero-order valence-corrected chi connectivity index (χ0v) is 14.4. The third-order valence-electron chi connectivity index (χ3n) is 4.61. The summed E-state index contributed by atoms with van der Waals surface area (Å²) in [6.45, 7) is 1.60. The summed E-state index contributed by atoms with van der Waals surface area (Å²) in [4.78, 5) is 29.6. The highest BCUT2D eigenvalue weighted by molar-refractivity contribution is 6.45. The summed E-state index contributed by atoms with van der Waals surface area (Å²) in [5.74, 6) is -0.562. The van der Waals surface area contributed by atoms with Gasteiger partial charge in [-0.15, -0.1) is 0 Å². The number of nitrogens with zero attached hydrogens (tertiary/aromatic N) is 2. The number of carbonyl (C=O) groups is 2. The predicted molar refractivity (Wildman–Crippen MR) is 98.1 cm³/mol. The fourth-order valence-electron chi connectivity index (χ4n) is 3.47. The minimum absolute atomic E-state index is 0.270. The first-order valence-corrected chi connectivity index (χ1v) is 8.73. The Balaban J connectivity index is 1.84. The zero-order valence-electron chi connectivity index (χ0n) is 13.6. The summed E-state index contributed by atoms with van der Waals surface area (Å²) in [7, 11) is 0. The van der Waals surface area contributed by atoms with Crippen molar-refractivity contribution in [2.45, 2.75) is 12.8 Å². The Morgan fingerprint density at radius 2 is 1.56 bits per heavy atom. The SMILES string of the molecule is O=C1C(c2ccccc2)=C(N2CCCC2)C(=O)N1c1cccc(Cl)c1. The van der Waals surface area contributed by atoms with Crippen molar-refractivity contribution in [3.8, 4) is 0 Å². The first-order valence-electron chi connectivity index (χ1n) is 8.36. The van der Waals surface area contributed by atoms with E-state index in [-0.39, 0.29) is 11.8 Å². The van der Waals surface area contributed by atoms with Crippen LogP contribution in [0.15, 0.2) is 60.3 Å². The average molecular weight is 353 g/mol. The lowest BCUT2D eigenvalue weighted by Gasteiger charge is -2.20. The van der Waals surface area contributed by atoms with E-state index in [1.54, 1.807) is 24.3 Å². The van der Waals surface area contributed by atoms with Crippen molar-refractivity contribution in [3.05, 3.63) is 70.9 Å². The van der Waals surface area contributed by atoms with Crippen molar-refractivity contribution in [2.24, 2.45) is 0 Å². The normalized spacial score (nSPS) is 17.8. The van der Waals surface area contributed by atoms with Crippen LogP contribution in [0.1, 0.15) is 18.4 Å². The molecule has 0 aliphatic carbocycles. The number of likely N-dealkylation sites (tertiary alicyclic amines) is 1. The molecule has 4 nitrogen and oxygen atoms in total. The second-order valence-corrected chi connectivity index (χ2v) is 6.65. The number of anilines is 1. The molecule has 5 heteroatoms. The molecule has 2 amide bonds. The molecule has 0 unspecified atom stereocenters. The fraction of sp³-hybridized carbons (Fsp3) is 0.200. The van der Waals surface area contributed by atoms with E-state index >= 15 is 0 Å². The number of hydrogen-bond donors (Lipinski definition) is 0. The van der Waals surface area contributed by atoms with Crippen LogP contribution >= 0.6 is 11.6 Å². The van der Waals surface area contributed by atoms with Crippen molar-refractivity contribution >= 4 is 34.7 Å². The van der Waals surface area contributed by atoms with Crippen LogP contribution in [-0.2, 0) is 9.59 Å². The zero-order chi connectivity index (χ0) is 17.4. The van der Waals surface area contributed by atoms with E-state index in [9.17, 15) is 9.59 Å². The first-order chi connectivity index (χ1) is 12.2. The van der Waals surface area contributed by atoms with Crippen molar-refractivity contribution in [1.82, 2.24) is 4.90 Å². The third kappa shape index (κ3) is 2.72. The Morgan fingerprint density at radius 3 is 2.24 bits per heavy atom. The van der Waals surface area contributed by atoms with Gasteiger partial charge in [0.15, 0.2) is 0 Å². The number of carbonyl (C=O) groups excluding carboxylic acids is 2. The number of benzene rings is 2. The average Bonchev–Trinajstić information content (AvgIpc) is 3.22. The van der Waals surface area contributed by atoms with Gasteiger partial charge in [0.1, 0.15) is 5.70 Å². The summed E-state index contributed by atoms with van der Waals surface area (Å²) in [6.07, 6.45) is 2.06. The summed E-state index contributed by atoms with van der Waals surface area (Å²) < 4.78 is 0. The monoisotopic (exact) mass is 352 g/mol. The van der Waals surface area contributed by atoms with Gasteiger partial charge in [0.05, 0.1) is 11.3 Å². The number of hydrogen-bond acceptors (Lipinski definition) is 3. The van der Waals surface area contributed by atoms with Gasteiger partial charge >= 0.3 is 0 Å². The van der Waals surface area contributed by atoms with Gasteiger partial charge in [-0.1, -0.05) is 48.0 Å². The van der Waals surface area contributed by atoms with Crippen molar-refractivity contribution in [1.29, 1.82) is 0 Å². The molecule has 0 aromatic heterocycles. The summed E-state index contributed by atoms with van der Waals surface area (Å²) in [5.41, 5.74) is 2.26. The van der Waals surface area contributed by atoms with Crippen molar-refractivity contribution in [3.63, 3.8) is 0 Å². The van der Waals surface area contributed by atoms with E-state index in [0.717, 1.165) is 31.5 Å². The molecule has 1 saturated heterocycles. The molecule has 1 fully saturated rings. The van der Waals surface area contributed by atoms with Crippen LogP contribution in [0.5, 0.6) is 0 Å². The molecule has 0 N–H and O–H groups in total. The molecule has 2 aromatic rings. The molecule has 0 bridgehead atoms. The fourth-order valence-corrected chi connectivity index (χ4v) is 3.65. The van der Waals surface area contributed by atoms with E-state index in [1.165, 1.54) is 4.90 Å². The van der Waals surface area contributed by atoms with E-state index in [1.807, 2.05) is 35.2 Å². The minimum Gasteiger partial charge on any atom is -0.366 e. The van der Waals surface area contributed by atoms with Gasteiger partial charge in [0.25, 0.3) is 11.8 Å². The minimum atomic E-state index is -0.291. The maximum Gasteiger partial charge on any atom is 0.282 e. The molecule has 2 heterocycles. The quantitative estimate of drug-likeness (QED) is 0.790. The highest BCUT2D eigenvalue weighted by Gasteiger charge is 2.42. The molecule has 4 rings (SSSR count). The molecule has 2 aliphatic heterocycles. The van der Waals surface area contributed by atoms with Gasteiger partial charge in [-0.25, -0.2) is 4.90 Å². The van der Waals surface area contributed by atoms with Crippen LogP contribution < -0.4 is 4.90 Å². The van der Waals surface area contributed by atoms with Gasteiger partial charge in [-0.05, 0) is 36.6 Å². The molecular formula is C20H17ClN2O2. The third-order valence-corrected chi connectivity index (χ3v) is 4.85. The number of amides is 2.